The van der Waals surface area contributed by atoms with Crippen molar-refractivity contribution < 1.29 is 9.59 Å². The van der Waals surface area contributed by atoms with Gasteiger partial charge in [-0.05, 0) is 49.9 Å². The quantitative estimate of drug-likeness (QED) is 0.557. The van der Waals surface area contributed by atoms with Crippen LogP contribution in [0.15, 0.2) is 54.6 Å². The first-order chi connectivity index (χ1) is 15.5. The predicted octanol–water partition coefficient (Wildman–Crippen LogP) is 3.53. The van der Waals surface area contributed by atoms with E-state index in [-0.39, 0.29) is 18.4 Å². The number of aryl methyl sites for hydroxylation is 2. The summed E-state index contributed by atoms with van der Waals surface area (Å²) < 4.78 is 0. The minimum absolute atomic E-state index is 0.0202. The fourth-order valence-corrected chi connectivity index (χ4v) is 3.94. The Morgan fingerprint density at radius 2 is 1.81 bits per heavy atom. The molecule has 0 aliphatic carbocycles. The summed E-state index contributed by atoms with van der Waals surface area (Å²) in [4.78, 5) is 26.8. The molecule has 4 rings (SSSR count). The highest BCUT2D eigenvalue weighted by Gasteiger charge is 2.23. The number of carbonyl (C=O) groups is 2. The number of hydrogen-bond acceptors (Lipinski definition) is 4. The van der Waals surface area contributed by atoms with E-state index in [9.17, 15) is 9.59 Å². The van der Waals surface area contributed by atoms with Crippen LogP contribution in [-0.4, -0.2) is 52.6 Å². The van der Waals surface area contributed by atoms with E-state index in [1.54, 1.807) is 6.07 Å². The van der Waals surface area contributed by atoms with E-state index >= 15 is 0 Å². The summed E-state index contributed by atoms with van der Waals surface area (Å²) in [5.74, 6) is -0.397. The largest absolute Gasteiger partial charge is 0.382 e. The number of nitrogens with one attached hydrogen (secondary N) is 3. The lowest BCUT2D eigenvalue weighted by molar-refractivity contribution is -0.131. The van der Waals surface area contributed by atoms with Gasteiger partial charge in [0.15, 0.2) is 0 Å². The molecule has 7 heteroatoms. The van der Waals surface area contributed by atoms with E-state index < -0.39 is 0 Å². The number of benzene rings is 2. The van der Waals surface area contributed by atoms with Crippen molar-refractivity contribution in [1.82, 2.24) is 20.4 Å². The van der Waals surface area contributed by atoms with Crippen LogP contribution in [0.3, 0.4) is 0 Å². The van der Waals surface area contributed by atoms with Gasteiger partial charge in [0.1, 0.15) is 5.69 Å². The number of nitrogens with zero attached hydrogens (tertiary/aromatic N) is 2. The summed E-state index contributed by atoms with van der Waals surface area (Å²) in [5.41, 5.74) is 5.59. The van der Waals surface area contributed by atoms with Crippen LogP contribution in [-0.2, 0) is 4.79 Å². The van der Waals surface area contributed by atoms with Crippen LogP contribution in [0.2, 0.25) is 0 Å². The Labute approximate surface area is 188 Å². The van der Waals surface area contributed by atoms with Crippen LogP contribution in [0, 0.1) is 13.8 Å². The maximum Gasteiger partial charge on any atom is 0.269 e. The SMILES string of the molecule is Cc1ccc(C)c(NC2CCN(C(=O)CNC(=O)c3cc(-c4ccccc4)n[nH]3)CC2)c1. The van der Waals surface area contributed by atoms with E-state index in [4.69, 9.17) is 0 Å². The van der Waals surface area contributed by atoms with Crippen LogP contribution in [0.5, 0.6) is 0 Å². The van der Waals surface area contributed by atoms with Crippen molar-refractivity contribution in [3.8, 4) is 11.3 Å². The van der Waals surface area contributed by atoms with Gasteiger partial charge in [-0.2, -0.15) is 5.10 Å². The van der Waals surface area contributed by atoms with Gasteiger partial charge in [0.05, 0.1) is 12.2 Å². The minimum atomic E-state index is -0.334. The van der Waals surface area contributed by atoms with Gasteiger partial charge in [-0.1, -0.05) is 42.5 Å². The van der Waals surface area contributed by atoms with Crippen molar-refractivity contribution in [3.63, 3.8) is 0 Å². The first-order valence-corrected chi connectivity index (χ1v) is 11.0. The molecule has 1 fully saturated rings. The Hall–Kier alpha value is -3.61. The van der Waals surface area contributed by atoms with Gasteiger partial charge in [-0.3, -0.25) is 14.7 Å². The zero-order valence-corrected chi connectivity index (χ0v) is 18.5. The molecule has 0 radical (unpaired) electrons. The molecule has 166 valence electrons. The molecule has 2 aromatic carbocycles. The molecule has 0 saturated carbocycles. The molecule has 0 unspecified atom stereocenters. The maximum absolute atomic E-state index is 12.6. The zero-order chi connectivity index (χ0) is 22.5. The fraction of sp³-hybridized carbons (Fsp3) is 0.320. The van der Waals surface area contributed by atoms with Gasteiger partial charge in [0.25, 0.3) is 5.91 Å². The topological polar surface area (TPSA) is 90.1 Å². The van der Waals surface area contributed by atoms with E-state index in [0.29, 0.717) is 30.5 Å². The third-order valence-electron chi connectivity index (χ3n) is 5.89. The molecule has 2 amide bonds. The van der Waals surface area contributed by atoms with Crippen molar-refractivity contribution in [2.24, 2.45) is 0 Å². The standard InChI is InChI=1S/C25H29N5O2/c1-17-8-9-18(2)21(14-17)27-20-10-12-30(13-11-20)24(31)16-26-25(32)23-15-22(28-29-23)19-6-4-3-5-7-19/h3-9,14-15,20,27H,10-13,16H2,1-2H3,(H,26,32)(H,28,29). The molecule has 2 heterocycles. The molecule has 32 heavy (non-hydrogen) atoms. The van der Waals surface area contributed by atoms with E-state index in [2.05, 4.69) is 52.9 Å². The first-order valence-electron chi connectivity index (χ1n) is 11.0. The van der Waals surface area contributed by atoms with Gasteiger partial charge in [-0.25, -0.2) is 0 Å². The number of aromatic amines is 1. The summed E-state index contributed by atoms with van der Waals surface area (Å²) in [6, 6.07) is 18.1. The van der Waals surface area contributed by atoms with Gasteiger partial charge in [-0.15, -0.1) is 0 Å². The lowest BCUT2D eigenvalue weighted by atomic mass is 10.0. The molecule has 7 nitrogen and oxygen atoms in total. The molecule has 1 aromatic heterocycles. The summed E-state index contributed by atoms with van der Waals surface area (Å²) >= 11 is 0. The Balaban J connectivity index is 1.24. The van der Waals surface area contributed by atoms with Crippen LogP contribution in [0.25, 0.3) is 11.3 Å². The number of piperidine rings is 1. The minimum Gasteiger partial charge on any atom is -0.382 e. The Morgan fingerprint density at radius 1 is 1.06 bits per heavy atom. The second-order valence-corrected chi connectivity index (χ2v) is 8.33. The number of anilines is 1. The van der Waals surface area contributed by atoms with E-state index in [0.717, 1.165) is 24.1 Å². The fourth-order valence-electron chi connectivity index (χ4n) is 3.94. The summed E-state index contributed by atoms with van der Waals surface area (Å²) in [6.07, 6.45) is 1.77. The second-order valence-electron chi connectivity index (χ2n) is 8.33. The molecule has 0 spiro atoms. The maximum atomic E-state index is 12.6. The van der Waals surface area contributed by atoms with Gasteiger partial charge in [0.2, 0.25) is 5.91 Å². The van der Waals surface area contributed by atoms with Crippen LogP contribution >= 0.6 is 0 Å². The molecule has 1 aliphatic heterocycles. The van der Waals surface area contributed by atoms with Crippen LogP contribution in [0.4, 0.5) is 5.69 Å². The van der Waals surface area contributed by atoms with Gasteiger partial charge >= 0.3 is 0 Å². The number of amides is 2. The molecular weight excluding hydrogens is 402 g/mol. The molecular formula is C25H29N5O2. The highest BCUT2D eigenvalue weighted by Crippen LogP contribution is 2.21. The number of H-pyrrole nitrogens is 1. The molecule has 1 aliphatic rings. The van der Waals surface area contributed by atoms with Crippen molar-refractivity contribution in [1.29, 1.82) is 0 Å². The number of hydrogen-bond donors (Lipinski definition) is 3. The third kappa shape index (κ3) is 5.17. The zero-order valence-electron chi connectivity index (χ0n) is 18.5. The summed E-state index contributed by atoms with van der Waals surface area (Å²) in [5, 5.41) is 13.3. The average molecular weight is 432 g/mol. The highest BCUT2D eigenvalue weighted by atomic mass is 16.2. The number of rotatable bonds is 6. The summed E-state index contributed by atoms with van der Waals surface area (Å²) in [7, 11) is 0. The van der Waals surface area contributed by atoms with Crippen LogP contribution < -0.4 is 10.6 Å². The third-order valence-corrected chi connectivity index (χ3v) is 5.89. The van der Waals surface area contributed by atoms with Crippen molar-refractivity contribution >= 4 is 17.5 Å². The normalized spacial score (nSPS) is 14.2. The molecule has 3 aromatic rings. The molecule has 3 N–H and O–H groups in total. The summed E-state index contributed by atoms with van der Waals surface area (Å²) in [6.45, 7) is 5.53. The predicted molar refractivity (Wildman–Crippen MR) is 125 cm³/mol. The monoisotopic (exact) mass is 431 g/mol. The second kappa shape index (κ2) is 9.68. The van der Waals surface area contributed by atoms with Crippen molar-refractivity contribution in [3.05, 3.63) is 71.4 Å². The highest BCUT2D eigenvalue weighted by molar-refractivity contribution is 5.95. The van der Waals surface area contributed by atoms with Gasteiger partial charge < -0.3 is 15.5 Å². The lowest BCUT2D eigenvalue weighted by Crippen LogP contribution is -2.46. The van der Waals surface area contributed by atoms with Crippen molar-refractivity contribution in [2.45, 2.75) is 32.7 Å². The number of aromatic nitrogens is 2. The smallest absolute Gasteiger partial charge is 0.269 e. The van der Waals surface area contributed by atoms with E-state index in [1.165, 1.54) is 11.1 Å². The van der Waals surface area contributed by atoms with Crippen molar-refractivity contribution in [2.75, 3.05) is 25.0 Å². The molecule has 0 atom stereocenters. The van der Waals surface area contributed by atoms with Crippen LogP contribution in [0.1, 0.15) is 34.5 Å². The van der Waals surface area contributed by atoms with E-state index in [1.807, 2.05) is 35.2 Å². The molecule has 0 bridgehead atoms. The Kier molecular flexibility index (Phi) is 6.54. The molecule has 1 saturated heterocycles. The Morgan fingerprint density at radius 3 is 2.56 bits per heavy atom. The lowest BCUT2D eigenvalue weighted by Gasteiger charge is -2.33. The average Bonchev–Trinajstić information content (AvgIpc) is 3.31. The Bertz CT molecular complexity index is 1080. The van der Waals surface area contributed by atoms with Gasteiger partial charge in [0, 0.05) is 30.4 Å². The number of likely N-dealkylation sites (tertiary alicyclic amines) is 1. The number of carbonyl (C=O) groups excluding carboxylic acids is 2. The first kappa shape index (κ1) is 21.6.